The minimum atomic E-state index is -3.82. The summed E-state index contributed by atoms with van der Waals surface area (Å²) in [5.41, 5.74) is 5.61. The third-order valence-corrected chi connectivity index (χ3v) is 6.63. The van der Waals surface area contributed by atoms with E-state index < -0.39 is 31.8 Å². The predicted molar refractivity (Wildman–Crippen MR) is 110 cm³/mol. The van der Waals surface area contributed by atoms with E-state index in [2.05, 4.69) is 15.0 Å². The smallest absolute Gasteiger partial charge is 0.463 e. The Bertz CT molecular complexity index is 1100. The number of fused-ring (bicyclic) bond motifs is 2. The first-order valence-corrected chi connectivity index (χ1v) is 11.8. The van der Waals surface area contributed by atoms with Crippen LogP contribution in [0.2, 0.25) is 0 Å². The molecular formula is C18H26N5O8P. The van der Waals surface area contributed by atoms with Crippen LogP contribution in [0.1, 0.15) is 39.8 Å². The summed E-state index contributed by atoms with van der Waals surface area (Å²) in [6.45, 7) is 5.40. The lowest BCUT2D eigenvalue weighted by Crippen LogP contribution is -2.36. The highest BCUT2D eigenvalue weighted by molar-refractivity contribution is 7.48. The fourth-order valence-corrected chi connectivity index (χ4v) is 5.26. The molecule has 5 atom stereocenters. The zero-order chi connectivity index (χ0) is 23.0. The maximum absolute atomic E-state index is 12.9. The van der Waals surface area contributed by atoms with Crippen molar-refractivity contribution in [3.05, 3.63) is 16.7 Å². The second-order valence-corrected chi connectivity index (χ2v) is 9.61. The van der Waals surface area contributed by atoms with E-state index in [0.29, 0.717) is 6.42 Å². The highest BCUT2D eigenvalue weighted by Gasteiger charge is 2.52. The van der Waals surface area contributed by atoms with Gasteiger partial charge in [-0.3, -0.25) is 32.7 Å². The van der Waals surface area contributed by atoms with Gasteiger partial charge in [-0.05, 0) is 20.3 Å². The number of carbonyl (C=O) groups is 1. The van der Waals surface area contributed by atoms with E-state index >= 15 is 0 Å². The molecule has 0 unspecified atom stereocenters. The molecule has 2 saturated heterocycles. The first-order chi connectivity index (χ1) is 15.2. The zero-order valence-electron chi connectivity index (χ0n) is 17.9. The number of phosphoric ester groups is 1. The van der Waals surface area contributed by atoms with E-state index in [1.807, 2.05) is 6.92 Å². The molecule has 0 bridgehead atoms. The van der Waals surface area contributed by atoms with Crippen LogP contribution in [0.25, 0.3) is 11.2 Å². The van der Waals surface area contributed by atoms with E-state index in [-0.39, 0.29) is 54.7 Å². The van der Waals surface area contributed by atoms with Gasteiger partial charge in [0.05, 0.1) is 25.6 Å². The minimum absolute atomic E-state index is 0.000948. The zero-order valence-corrected chi connectivity index (χ0v) is 18.8. The number of phosphoric acid groups is 1. The van der Waals surface area contributed by atoms with Crippen LogP contribution in [0.5, 0.6) is 0 Å². The van der Waals surface area contributed by atoms with Crippen LogP contribution in [0.3, 0.4) is 0 Å². The summed E-state index contributed by atoms with van der Waals surface area (Å²) >= 11 is 0. The number of H-pyrrole nitrogens is 1. The average molecular weight is 471 g/mol. The molecule has 2 aliphatic rings. The van der Waals surface area contributed by atoms with Crippen LogP contribution in [-0.2, 0) is 32.4 Å². The first-order valence-electron chi connectivity index (χ1n) is 10.3. The second-order valence-electron chi connectivity index (χ2n) is 7.99. The number of imidazole rings is 1. The number of rotatable bonds is 7. The maximum Gasteiger partial charge on any atom is 0.475 e. The summed E-state index contributed by atoms with van der Waals surface area (Å²) in [5.74, 6) is -0.683. The van der Waals surface area contributed by atoms with Gasteiger partial charge >= 0.3 is 13.8 Å². The van der Waals surface area contributed by atoms with Crippen LogP contribution >= 0.6 is 7.82 Å². The fourth-order valence-electron chi connectivity index (χ4n) is 3.75. The Labute approximate surface area is 183 Å². The molecule has 0 aromatic carbocycles. The minimum Gasteiger partial charge on any atom is -0.463 e. The third-order valence-electron chi connectivity index (χ3n) is 5.16. The van der Waals surface area contributed by atoms with Gasteiger partial charge in [0.1, 0.15) is 18.4 Å². The van der Waals surface area contributed by atoms with Crippen molar-refractivity contribution >= 4 is 30.9 Å². The van der Waals surface area contributed by atoms with Gasteiger partial charge in [-0.2, -0.15) is 4.98 Å². The summed E-state index contributed by atoms with van der Waals surface area (Å²) in [6.07, 6.45) is 0.0177. The highest BCUT2D eigenvalue weighted by atomic mass is 31.2. The molecule has 4 rings (SSSR count). The quantitative estimate of drug-likeness (QED) is 0.341. The van der Waals surface area contributed by atoms with Crippen molar-refractivity contribution in [2.24, 2.45) is 5.92 Å². The van der Waals surface area contributed by atoms with Crippen molar-refractivity contribution in [3.8, 4) is 0 Å². The summed E-state index contributed by atoms with van der Waals surface area (Å²) < 4.78 is 42.0. The summed E-state index contributed by atoms with van der Waals surface area (Å²) in [5, 5.41) is 0. The molecule has 3 N–H and O–H groups in total. The van der Waals surface area contributed by atoms with E-state index in [9.17, 15) is 14.2 Å². The normalized spacial score (nSPS) is 30.0. The van der Waals surface area contributed by atoms with Gasteiger partial charge in [-0.1, -0.05) is 6.92 Å². The number of nitrogen functional groups attached to an aromatic ring is 1. The molecule has 2 fully saturated rings. The van der Waals surface area contributed by atoms with Crippen molar-refractivity contribution in [1.29, 1.82) is 0 Å². The number of aromatic nitrogens is 4. The number of nitrogens with zero attached hydrogens (tertiary/aromatic N) is 3. The molecule has 4 heterocycles. The Morgan fingerprint density at radius 2 is 2.25 bits per heavy atom. The highest BCUT2D eigenvalue weighted by Crippen LogP contribution is 2.58. The molecule has 0 spiro atoms. The summed E-state index contributed by atoms with van der Waals surface area (Å²) in [6, 6.07) is 0. The lowest BCUT2D eigenvalue weighted by molar-refractivity contribution is -0.147. The molecule has 2 aromatic heterocycles. The van der Waals surface area contributed by atoms with Crippen LogP contribution in [0.15, 0.2) is 11.1 Å². The molecule has 0 saturated carbocycles. The van der Waals surface area contributed by atoms with E-state index in [4.69, 9.17) is 28.8 Å². The molecular weight excluding hydrogens is 445 g/mol. The average Bonchev–Trinajstić information content (AvgIpc) is 3.26. The second kappa shape index (κ2) is 8.91. The number of hydrogen-bond donors (Lipinski definition) is 2. The van der Waals surface area contributed by atoms with Crippen molar-refractivity contribution < 1.29 is 32.4 Å². The van der Waals surface area contributed by atoms with E-state index in [1.165, 1.54) is 6.33 Å². The van der Waals surface area contributed by atoms with Crippen LogP contribution in [0.4, 0.5) is 5.95 Å². The van der Waals surface area contributed by atoms with Crippen molar-refractivity contribution in [3.63, 3.8) is 0 Å². The molecule has 14 heteroatoms. The fraction of sp³-hybridized carbons (Fsp3) is 0.667. The number of hydrogen-bond acceptors (Lipinski definition) is 11. The number of aromatic amines is 1. The van der Waals surface area contributed by atoms with Gasteiger partial charge in [-0.25, -0.2) is 9.55 Å². The van der Waals surface area contributed by atoms with Crippen molar-refractivity contribution in [1.82, 2.24) is 19.5 Å². The summed E-state index contributed by atoms with van der Waals surface area (Å²) in [4.78, 5) is 34.3. The number of nitrogens with two attached hydrogens (primary N) is 1. The molecule has 0 radical (unpaired) electrons. The van der Waals surface area contributed by atoms with Crippen LogP contribution in [0, 0.1) is 5.92 Å². The Kier molecular flexibility index (Phi) is 6.37. The first kappa shape index (κ1) is 22.9. The number of nitrogens with one attached hydrogen (secondary N) is 1. The van der Waals surface area contributed by atoms with Crippen LogP contribution < -0.4 is 11.3 Å². The van der Waals surface area contributed by atoms with Gasteiger partial charge in [0.25, 0.3) is 5.56 Å². The molecule has 176 valence electrons. The summed E-state index contributed by atoms with van der Waals surface area (Å²) in [7, 11) is -3.82. The van der Waals surface area contributed by atoms with Gasteiger partial charge in [-0.15, -0.1) is 0 Å². The van der Waals surface area contributed by atoms with Crippen molar-refractivity contribution in [2.75, 3.05) is 18.9 Å². The Morgan fingerprint density at radius 1 is 1.47 bits per heavy atom. The standard InChI is InChI=1S/C18H26N5O8P/c1-9(2)29-12(24)5-4-6-27-32(26)28-7-11-14(31-32)10(3)17(30-11)23-8-20-13-15(23)21-18(19)22-16(13)25/h8-11,14,17H,4-7H2,1-3H3,(H3,19,21,22,25)/t10-,11+,14-,17+,32-/m0/s1. The van der Waals surface area contributed by atoms with Gasteiger partial charge < -0.3 is 15.2 Å². The lowest BCUT2D eigenvalue weighted by atomic mass is 10.0. The largest absolute Gasteiger partial charge is 0.475 e. The van der Waals surface area contributed by atoms with Crippen molar-refractivity contribution in [2.45, 2.75) is 58.2 Å². The number of carbonyl (C=O) groups excluding carboxylic acids is 1. The molecule has 0 amide bonds. The predicted octanol–water partition coefficient (Wildman–Crippen LogP) is 1.51. The molecule has 32 heavy (non-hydrogen) atoms. The molecule has 13 nitrogen and oxygen atoms in total. The molecule has 2 aromatic rings. The van der Waals surface area contributed by atoms with Crippen LogP contribution in [-0.4, -0.2) is 57.0 Å². The Hall–Kier alpha value is -2.31. The maximum atomic E-state index is 12.9. The number of esters is 1. The molecule has 0 aliphatic carbocycles. The number of anilines is 1. The monoisotopic (exact) mass is 471 g/mol. The Morgan fingerprint density at radius 3 is 3.00 bits per heavy atom. The lowest BCUT2D eigenvalue weighted by Gasteiger charge is -2.31. The van der Waals surface area contributed by atoms with E-state index in [0.717, 1.165) is 0 Å². The van der Waals surface area contributed by atoms with Gasteiger partial charge in [0.15, 0.2) is 11.2 Å². The Balaban J connectivity index is 1.40. The SMILES string of the molecule is CC(C)OC(=O)CCCO[P@@]1(=O)OC[C@H]2O[C@@H](n3cnc4c(=O)[nH]c(N)nc43)[C@@H](C)[C@@H]2O1. The van der Waals surface area contributed by atoms with Gasteiger partial charge in [0, 0.05) is 12.3 Å². The van der Waals surface area contributed by atoms with Gasteiger partial charge in [0.2, 0.25) is 5.95 Å². The third kappa shape index (κ3) is 4.57. The molecule has 2 aliphatic heterocycles. The topological polar surface area (TPSA) is 170 Å². The van der Waals surface area contributed by atoms with E-state index in [1.54, 1.807) is 18.4 Å². The number of ether oxygens (including phenoxy) is 2.